The van der Waals surface area contributed by atoms with Gasteiger partial charge >= 0.3 is 0 Å². The number of benzene rings is 13. The van der Waals surface area contributed by atoms with E-state index in [-0.39, 0.29) is 80.4 Å². The van der Waals surface area contributed by atoms with Crippen molar-refractivity contribution in [1.29, 1.82) is 0 Å². The number of imidazole rings is 4. The third-order valence-corrected chi connectivity index (χ3v) is 21.4. The molecule has 20 aromatic rings. The van der Waals surface area contributed by atoms with Crippen LogP contribution in [0.4, 0.5) is 0 Å². The summed E-state index contributed by atoms with van der Waals surface area (Å²) in [5.74, 6) is 3.63. The van der Waals surface area contributed by atoms with Gasteiger partial charge in [0.25, 0.3) is 0 Å². The van der Waals surface area contributed by atoms with Gasteiger partial charge in [-0.1, -0.05) is 180 Å². The van der Waals surface area contributed by atoms with Crippen LogP contribution < -0.4 is 0 Å². The van der Waals surface area contributed by atoms with Gasteiger partial charge in [0.2, 0.25) is 0 Å². The Morgan fingerprint density at radius 2 is 0.615 bits per heavy atom. The predicted molar refractivity (Wildman–Crippen MR) is 464 cm³/mol. The average Bonchev–Trinajstić information content (AvgIpc) is 1.59. The monoisotopic (exact) mass is 2240 g/mol. The Balaban J connectivity index is 0.000000136. The number of hydrogen-bond donors (Lipinski definition) is 0. The van der Waals surface area contributed by atoms with E-state index < -0.39 is 0 Å². The van der Waals surface area contributed by atoms with E-state index in [0.29, 0.717) is 0 Å². The molecule has 0 bridgehead atoms. The number of aromatic nitrogens is 10. The van der Waals surface area contributed by atoms with Gasteiger partial charge in [0.15, 0.2) is 0 Å². The SMILES string of the molecule is Cc1c[c-]c(-c2nccn2-c2c(C)cc(C)cc2C)cc1.Cc1cc(C)c(-n2ccnc2-c2[c-]cc3oc4ccccc4c3c2)c(C)c1.Cc1cccc(-n2c3c[c-]c(-c4nccn4-c4c(C)cccc4C)cc3c3ccccc32)c1.Cc1cccc(C)c1-n1ccnc1-c1[c-]cc2c(c1)c1ccccc1n2-c1ccccc1.[Ir].[Ir].[Ir].[Ir]. The van der Waals surface area contributed by atoms with Crippen molar-refractivity contribution < 1.29 is 84.8 Å². The summed E-state index contributed by atoms with van der Waals surface area (Å²) in [6, 6.07) is 98.7. The molecule has 0 aliphatic carbocycles. The normalized spacial score (nSPS) is 11.0. The molecule has 7 aromatic heterocycles. The molecule has 4 radical (unpaired) electrons. The molecule has 0 aliphatic heterocycles. The Bertz CT molecular complexity index is 6900. The van der Waals surface area contributed by atoms with E-state index in [9.17, 15) is 0 Å². The summed E-state index contributed by atoms with van der Waals surface area (Å²) < 4.78 is 19.2. The molecule has 7 heterocycles. The van der Waals surface area contributed by atoms with Gasteiger partial charge < -0.3 is 31.8 Å². The Morgan fingerprint density at radius 3 is 1.06 bits per heavy atom. The largest absolute Gasteiger partial charge is 0.500 e. The van der Waals surface area contributed by atoms with Crippen LogP contribution in [-0.4, -0.2) is 47.3 Å². The topological polar surface area (TPSA) is 94.3 Å². The number of fused-ring (bicyclic) bond motifs is 9. The van der Waals surface area contributed by atoms with E-state index >= 15 is 0 Å². The van der Waals surface area contributed by atoms with Crippen molar-refractivity contribution in [3.63, 3.8) is 0 Å². The van der Waals surface area contributed by atoms with Gasteiger partial charge in [-0.3, -0.25) is 19.9 Å². The van der Waals surface area contributed by atoms with Crippen LogP contribution >= 0.6 is 0 Å². The fourth-order valence-electron chi connectivity index (χ4n) is 16.6. The molecule has 0 aliphatic rings. The van der Waals surface area contributed by atoms with Crippen molar-refractivity contribution in [2.24, 2.45) is 0 Å². The van der Waals surface area contributed by atoms with Gasteiger partial charge in [-0.15, -0.1) is 107 Å². The molecule has 0 atom stereocenters. The van der Waals surface area contributed by atoms with Crippen LogP contribution in [-0.2, 0) is 80.4 Å². The molecule has 20 rings (SSSR count). The number of nitrogens with zero attached hydrogens (tertiary/aromatic N) is 10. The van der Waals surface area contributed by atoms with Crippen molar-refractivity contribution in [1.82, 2.24) is 47.3 Å². The molecule has 0 fully saturated rings. The summed E-state index contributed by atoms with van der Waals surface area (Å²) in [7, 11) is 0. The van der Waals surface area contributed by atoms with Crippen LogP contribution in [0.15, 0.2) is 297 Å². The van der Waals surface area contributed by atoms with Gasteiger partial charge in [-0.25, -0.2) is 0 Å². The predicted octanol–water partition coefficient (Wildman–Crippen LogP) is 25.1. The van der Waals surface area contributed by atoms with E-state index in [1.54, 1.807) is 0 Å². The summed E-state index contributed by atoms with van der Waals surface area (Å²) in [5, 5.41) is 7.07. The minimum Gasteiger partial charge on any atom is -0.500 e. The van der Waals surface area contributed by atoms with Gasteiger partial charge in [0, 0.05) is 181 Å². The number of aryl methyl sites for hydroxylation is 12. The molecule has 15 heteroatoms. The zero-order valence-corrected chi connectivity index (χ0v) is 76.5. The molecule has 13 aromatic carbocycles. The molecule has 588 valence electrons. The third-order valence-electron chi connectivity index (χ3n) is 21.4. The maximum absolute atomic E-state index is 5.93. The second-order valence-electron chi connectivity index (χ2n) is 29.6. The fraction of sp³-hybridized carbons (Fsp3) is 0.118. The van der Waals surface area contributed by atoms with Crippen molar-refractivity contribution >= 4 is 65.6 Å². The number of rotatable bonds is 10. The van der Waals surface area contributed by atoms with E-state index in [1.165, 1.54) is 128 Å². The summed E-state index contributed by atoms with van der Waals surface area (Å²) >= 11 is 0. The van der Waals surface area contributed by atoms with E-state index in [0.717, 1.165) is 84.2 Å². The van der Waals surface area contributed by atoms with Crippen molar-refractivity contribution in [3.05, 3.63) is 383 Å². The zero-order valence-electron chi connectivity index (χ0n) is 66.9. The Kier molecular flexibility index (Phi) is 25.5. The van der Waals surface area contributed by atoms with Crippen molar-refractivity contribution in [3.8, 4) is 79.7 Å². The minimum absolute atomic E-state index is 0. The molecular weight excluding hydrogens is 2150 g/mol. The summed E-state index contributed by atoms with van der Waals surface area (Å²) in [6.07, 6.45) is 15.6. The second-order valence-corrected chi connectivity index (χ2v) is 29.6. The first-order valence-corrected chi connectivity index (χ1v) is 38.3. The number of hydrogen-bond acceptors (Lipinski definition) is 5. The average molecular weight is 2230 g/mol. The molecule has 0 N–H and O–H groups in total. The molecule has 11 nitrogen and oxygen atoms in total. The van der Waals surface area contributed by atoms with Gasteiger partial charge in [0.1, 0.15) is 5.58 Å². The summed E-state index contributed by atoms with van der Waals surface area (Å²) in [5.41, 5.74) is 32.4. The Labute approximate surface area is 737 Å². The molecule has 0 spiro atoms. The molecule has 0 saturated carbocycles. The third kappa shape index (κ3) is 16.2. The molecule has 0 amide bonds. The number of furan rings is 1. The van der Waals surface area contributed by atoms with Gasteiger partial charge in [-0.05, 0) is 191 Å². The maximum atomic E-state index is 5.93. The Hall–Kier alpha value is -11.3. The fourth-order valence-corrected chi connectivity index (χ4v) is 16.6. The minimum atomic E-state index is 0. The van der Waals surface area contributed by atoms with Crippen LogP contribution in [0.3, 0.4) is 0 Å². The standard InChI is InChI=1S/C30H24N3.C29H22N3.C24H19N2O.C19H19N2.4Ir/c1-20-8-6-11-24(18-20)33-27-13-5-4-12-25(27)26-19-23(14-15-28(26)33)30-31-16-17-32(30)29-21(2)9-7-10-22(29)3;1-20-9-8-10-21(2)28(20)31-18-17-30-29(31)22-15-16-27-25(19-22)24-13-6-7-14-26(24)32(27)23-11-4-3-5-12-23;1-15-12-16(2)23(17(3)13-15)26-11-10-25-24(26)18-8-9-22-20(14-18)19-6-4-5-7-21(19)27-22;1-13-5-7-17(8-6-13)19-20-9-10-21(19)18-15(3)11-14(2)12-16(18)4;;;;/h4-13,15-19H,1-3H3;3-14,16-19H,1-2H3;4-7,9-14H,1-3H3;5-7,9-12H,1-4H3;;;;/q4*-1;;;;. The first-order valence-electron chi connectivity index (χ1n) is 38.3. The zero-order chi connectivity index (χ0) is 77.7. The summed E-state index contributed by atoms with van der Waals surface area (Å²) in [6.45, 7) is 25.6. The van der Waals surface area contributed by atoms with E-state index in [1.807, 2.05) is 79.9 Å². The molecule has 117 heavy (non-hydrogen) atoms. The maximum Gasteiger partial charge on any atom is 0.120 e. The van der Waals surface area contributed by atoms with Crippen molar-refractivity contribution in [2.45, 2.75) is 83.1 Å². The first-order chi connectivity index (χ1) is 55.0. The van der Waals surface area contributed by atoms with E-state index in [4.69, 9.17) is 14.4 Å². The quantitative estimate of drug-likeness (QED) is 0.127. The van der Waals surface area contributed by atoms with Crippen LogP contribution in [0.25, 0.3) is 145 Å². The molecular formula is C102H84Ir4N10O-4. The number of para-hydroxylation sites is 6. The first kappa shape index (κ1) is 83.6. The van der Waals surface area contributed by atoms with Crippen molar-refractivity contribution in [2.75, 3.05) is 0 Å². The van der Waals surface area contributed by atoms with Crippen LogP contribution in [0.2, 0.25) is 0 Å². The van der Waals surface area contributed by atoms with Crippen LogP contribution in [0, 0.1) is 107 Å². The van der Waals surface area contributed by atoms with Crippen LogP contribution in [0.1, 0.15) is 66.8 Å². The van der Waals surface area contributed by atoms with Crippen LogP contribution in [0.5, 0.6) is 0 Å². The van der Waals surface area contributed by atoms with E-state index in [2.05, 4.69) is 357 Å². The van der Waals surface area contributed by atoms with Gasteiger partial charge in [0.05, 0.1) is 28.9 Å². The smallest absolute Gasteiger partial charge is 0.120 e. The Morgan fingerprint density at radius 1 is 0.248 bits per heavy atom. The molecule has 0 saturated heterocycles. The summed E-state index contributed by atoms with van der Waals surface area (Å²) in [4.78, 5) is 18.6. The molecule has 0 unspecified atom stereocenters. The van der Waals surface area contributed by atoms with Gasteiger partial charge in [-0.2, -0.15) is 0 Å². The second kappa shape index (κ2) is 35.7.